The van der Waals surface area contributed by atoms with Crippen LogP contribution in [0.1, 0.15) is 22.8 Å². The third-order valence-electron chi connectivity index (χ3n) is 4.02. The van der Waals surface area contributed by atoms with Gasteiger partial charge < -0.3 is 10.4 Å². The molecule has 0 bridgehead atoms. The zero-order valence-corrected chi connectivity index (χ0v) is 15.6. The first kappa shape index (κ1) is 17.9. The van der Waals surface area contributed by atoms with Crippen molar-refractivity contribution in [2.75, 3.05) is 5.32 Å². The van der Waals surface area contributed by atoms with Gasteiger partial charge in [0.15, 0.2) is 0 Å². The van der Waals surface area contributed by atoms with Crippen LogP contribution in [0.2, 0.25) is 0 Å². The molecule has 0 fully saturated rings. The molecule has 0 aromatic heterocycles. The molecule has 3 aromatic carbocycles. The van der Waals surface area contributed by atoms with Gasteiger partial charge in [0.1, 0.15) is 0 Å². The van der Waals surface area contributed by atoms with E-state index in [4.69, 9.17) is 0 Å². The van der Waals surface area contributed by atoms with Crippen LogP contribution >= 0.6 is 15.9 Å². The van der Waals surface area contributed by atoms with Gasteiger partial charge in [0.05, 0.1) is 11.3 Å². The highest BCUT2D eigenvalue weighted by Crippen LogP contribution is 2.23. The average molecular weight is 410 g/mol. The van der Waals surface area contributed by atoms with Gasteiger partial charge >= 0.3 is 5.97 Å². The lowest BCUT2D eigenvalue weighted by Gasteiger charge is -2.08. The van der Waals surface area contributed by atoms with Gasteiger partial charge in [-0.25, -0.2) is 4.79 Å². The highest BCUT2D eigenvalue weighted by Gasteiger charge is 2.12. The van der Waals surface area contributed by atoms with E-state index < -0.39 is 5.97 Å². The molecule has 0 heterocycles. The minimum absolute atomic E-state index is 0.0401. The number of carboxylic acid groups (broad SMARTS) is 1. The van der Waals surface area contributed by atoms with E-state index in [0.29, 0.717) is 4.47 Å². The largest absolute Gasteiger partial charge is 0.478 e. The molecular weight excluding hydrogens is 394 g/mol. The molecule has 1 amide bonds. The molecule has 0 aliphatic rings. The summed E-state index contributed by atoms with van der Waals surface area (Å²) in [6.45, 7) is 1.85. The molecule has 26 heavy (non-hydrogen) atoms. The first-order valence-electron chi connectivity index (χ1n) is 7.95. The summed E-state index contributed by atoms with van der Waals surface area (Å²) in [4.78, 5) is 23.7. The fourth-order valence-electron chi connectivity index (χ4n) is 2.69. The van der Waals surface area contributed by atoms with Crippen LogP contribution in [0.25, 0.3) is 16.3 Å². The van der Waals surface area contributed by atoms with Crippen molar-refractivity contribution in [2.24, 2.45) is 0 Å². The van der Waals surface area contributed by atoms with Crippen LogP contribution in [0.5, 0.6) is 0 Å². The quantitative estimate of drug-likeness (QED) is 0.571. The first-order valence-corrected chi connectivity index (χ1v) is 8.74. The number of hydrogen-bond acceptors (Lipinski definition) is 2. The van der Waals surface area contributed by atoms with Crippen LogP contribution in [0.3, 0.4) is 0 Å². The lowest BCUT2D eigenvalue weighted by atomic mass is 10.0. The predicted molar refractivity (Wildman–Crippen MR) is 107 cm³/mol. The molecule has 5 heteroatoms. The van der Waals surface area contributed by atoms with Crippen molar-refractivity contribution in [1.29, 1.82) is 0 Å². The van der Waals surface area contributed by atoms with Crippen LogP contribution in [0.15, 0.2) is 71.2 Å². The van der Waals surface area contributed by atoms with E-state index in [1.54, 1.807) is 12.1 Å². The number of allylic oxidation sites excluding steroid dienone is 1. The molecule has 0 radical (unpaired) electrons. The van der Waals surface area contributed by atoms with E-state index in [9.17, 15) is 14.7 Å². The number of fused-ring (bicyclic) bond motifs is 1. The molecule has 130 valence electrons. The zero-order valence-electron chi connectivity index (χ0n) is 14.0. The Balaban J connectivity index is 1.86. The monoisotopic (exact) mass is 409 g/mol. The Morgan fingerprint density at radius 3 is 2.46 bits per heavy atom. The Morgan fingerprint density at radius 2 is 1.73 bits per heavy atom. The number of nitrogens with one attached hydrogen (secondary N) is 1. The number of anilines is 1. The van der Waals surface area contributed by atoms with Crippen molar-refractivity contribution in [1.82, 2.24) is 0 Å². The average Bonchev–Trinajstić information content (AvgIpc) is 2.61. The molecule has 4 nitrogen and oxygen atoms in total. The minimum atomic E-state index is -1.09. The van der Waals surface area contributed by atoms with Crippen molar-refractivity contribution in [3.8, 4) is 0 Å². The fourth-order valence-corrected chi connectivity index (χ4v) is 3.05. The second kappa shape index (κ2) is 7.54. The number of carbonyl (C=O) groups excluding carboxylic acids is 1. The number of carbonyl (C=O) groups is 2. The topological polar surface area (TPSA) is 66.4 Å². The van der Waals surface area contributed by atoms with Crippen LogP contribution in [0, 0.1) is 0 Å². The Morgan fingerprint density at radius 1 is 1.00 bits per heavy atom. The summed E-state index contributed by atoms with van der Waals surface area (Å²) in [5.41, 5.74) is 2.02. The van der Waals surface area contributed by atoms with E-state index in [1.807, 2.05) is 49.4 Å². The molecule has 0 spiro atoms. The smallest absolute Gasteiger partial charge is 0.337 e. The second-order valence-electron chi connectivity index (χ2n) is 5.87. The van der Waals surface area contributed by atoms with Gasteiger partial charge in [-0.1, -0.05) is 52.3 Å². The van der Waals surface area contributed by atoms with Crippen molar-refractivity contribution in [2.45, 2.75) is 6.92 Å². The molecule has 0 atom stereocenters. The molecule has 0 unspecified atom stereocenters. The lowest BCUT2D eigenvalue weighted by Crippen LogP contribution is -2.12. The Labute approximate surface area is 159 Å². The van der Waals surface area contributed by atoms with Gasteiger partial charge in [0.25, 0.3) is 0 Å². The molecule has 0 saturated heterocycles. The Kier molecular flexibility index (Phi) is 5.19. The number of amides is 1. The summed E-state index contributed by atoms with van der Waals surface area (Å²) >= 11 is 3.29. The maximum atomic E-state index is 12.4. The van der Waals surface area contributed by atoms with Gasteiger partial charge in [-0.15, -0.1) is 0 Å². The Bertz CT molecular complexity index is 1040. The number of carboxylic acids is 1. The maximum Gasteiger partial charge on any atom is 0.337 e. The number of halogens is 1. The highest BCUT2D eigenvalue weighted by atomic mass is 79.9. The van der Waals surface area contributed by atoms with Gasteiger partial charge in [0.2, 0.25) is 5.91 Å². The van der Waals surface area contributed by atoms with Crippen LogP contribution < -0.4 is 5.32 Å². The van der Waals surface area contributed by atoms with E-state index in [2.05, 4.69) is 21.2 Å². The second-order valence-corrected chi connectivity index (χ2v) is 6.79. The highest BCUT2D eigenvalue weighted by molar-refractivity contribution is 9.10. The number of hydrogen-bond donors (Lipinski definition) is 2. The maximum absolute atomic E-state index is 12.4. The van der Waals surface area contributed by atoms with Crippen LogP contribution in [-0.4, -0.2) is 17.0 Å². The molecule has 0 aliphatic heterocycles. The molecule has 3 rings (SSSR count). The van der Waals surface area contributed by atoms with E-state index in [0.717, 1.165) is 21.9 Å². The molecule has 0 aliphatic carbocycles. The van der Waals surface area contributed by atoms with Crippen molar-refractivity contribution in [3.63, 3.8) is 0 Å². The molecule has 2 N–H and O–H groups in total. The van der Waals surface area contributed by atoms with E-state index in [1.165, 1.54) is 12.1 Å². The summed E-state index contributed by atoms with van der Waals surface area (Å²) in [5, 5.41) is 14.1. The van der Waals surface area contributed by atoms with Crippen molar-refractivity contribution in [3.05, 3.63) is 82.3 Å². The molecule has 0 saturated carbocycles. The Hall–Kier alpha value is -2.92. The van der Waals surface area contributed by atoms with Crippen LogP contribution in [-0.2, 0) is 4.79 Å². The summed E-state index contributed by atoms with van der Waals surface area (Å²) in [7, 11) is 0. The van der Waals surface area contributed by atoms with Crippen LogP contribution in [0.4, 0.5) is 5.69 Å². The van der Waals surface area contributed by atoms with Crippen molar-refractivity contribution < 1.29 is 14.7 Å². The van der Waals surface area contributed by atoms with Gasteiger partial charge in [-0.05, 0) is 53.1 Å². The molecule has 3 aromatic rings. The SMILES string of the molecule is C/C(=C\C(=O)Nc1cc(Br)ccc1C(=O)O)c1ccc2ccccc2c1. The molecular formula is C21H16BrNO3. The first-order chi connectivity index (χ1) is 12.4. The lowest BCUT2D eigenvalue weighted by molar-refractivity contribution is -0.111. The zero-order chi connectivity index (χ0) is 18.7. The number of benzene rings is 3. The summed E-state index contributed by atoms with van der Waals surface area (Å²) < 4.78 is 0.688. The van der Waals surface area contributed by atoms with E-state index in [-0.39, 0.29) is 17.2 Å². The van der Waals surface area contributed by atoms with Gasteiger partial charge in [-0.3, -0.25) is 4.79 Å². The number of rotatable bonds is 4. The van der Waals surface area contributed by atoms with Crippen molar-refractivity contribution >= 4 is 49.8 Å². The van der Waals surface area contributed by atoms with Gasteiger partial charge in [-0.2, -0.15) is 0 Å². The number of aromatic carboxylic acids is 1. The predicted octanol–water partition coefficient (Wildman–Crippen LogP) is 5.34. The van der Waals surface area contributed by atoms with Gasteiger partial charge in [0, 0.05) is 10.5 Å². The third-order valence-corrected chi connectivity index (χ3v) is 4.52. The third kappa shape index (κ3) is 4.00. The standard InChI is InChI=1S/C21H16BrNO3/c1-13(15-7-6-14-4-2-3-5-16(14)11-15)10-20(24)23-19-12-17(22)8-9-18(19)21(25)26/h2-12H,1H3,(H,23,24)(H,25,26)/b13-10+. The summed E-state index contributed by atoms with van der Waals surface area (Å²) in [6, 6.07) is 18.6. The normalized spacial score (nSPS) is 11.4. The summed E-state index contributed by atoms with van der Waals surface area (Å²) in [5.74, 6) is -1.47. The minimum Gasteiger partial charge on any atom is -0.478 e. The fraction of sp³-hybridized carbons (Fsp3) is 0.0476. The van der Waals surface area contributed by atoms with E-state index >= 15 is 0 Å². The summed E-state index contributed by atoms with van der Waals surface area (Å²) in [6.07, 6.45) is 1.47.